The Bertz CT molecular complexity index is 841. The molecule has 1 unspecified atom stereocenters. The molecule has 1 aliphatic rings. The van der Waals surface area contributed by atoms with Crippen LogP contribution in [0.25, 0.3) is 0 Å². The molecule has 11 heteroatoms. The number of alkyl halides is 3. The summed E-state index contributed by atoms with van der Waals surface area (Å²) in [6.07, 6.45) is -3.43. The molecule has 2 amide bonds. The van der Waals surface area contributed by atoms with Gasteiger partial charge in [0.25, 0.3) is 0 Å². The minimum absolute atomic E-state index is 0.00150. The number of piperidine rings is 1. The number of nitrogens with one attached hydrogen (secondary N) is 1. The van der Waals surface area contributed by atoms with Crippen LogP contribution in [0.3, 0.4) is 0 Å². The van der Waals surface area contributed by atoms with E-state index < -0.39 is 47.3 Å². The molecule has 0 radical (unpaired) electrons. The predicted molar refractivity (Wildman–Crippen MR) is 87.6 cm³/mol. The van der Waals surface area contributed by atoms with Crippen molar-refractivity contribution in [3.8, 4) is 6.01 Å². The number of halogens is 5. The molecule has 1 atom stereocenters. The van der Waals surface area contributed by atoms with Crippen molar-refractivity contribution in [2.45, 2.75) is 25.1 Å². The van der Waals surface area contributed by atoms with Crippen molar-refractivity contribution in [1.82, 2.24) is 14.9 Å². The van der Waals surface area contributed by atoms with Gasteiger partial charge in [-0.3, -0.25) is 0 Å². The van der Waals surface area contributed by atoms with Crippen molar-refractivity contribution in [3.05, 3.63) is 47.8 Å². The number of rotatable bonds is 3. The molecule has 1 N–H and O–H groups in total. The highest BCUT2D eigenvalue weighted by Gasteiger charge is 2.33. The number of hydrogen-bond acceptors (Lipinski definition) is 4. The van der Waals surface area contributed by atoms with Gasteiger partial charge in [-0.1, -0.05) is 6.07 Å². The monoisotopic (exact) mass is 402 g/mol. The fourth-order valence-corrected chi connectivity index (χ4v) is 2.73. The zero-order chi connectivity index (χ0) is 20.3. The Kier molecular flexibility index (Phi) is 5.61. The first-order valence-corrected chi connectivity index (χ1v) is 8.31. The van der Waals surface area contributed by atoms with Gasteiger partial charge in [0.05, 0.1) is 6.54 Å². The maximum atomic E-state index is 13.7. The fraction of sp³-hybridized carbons (Fsp3) is 0.353. The highest BCUT2D eigenvalue weighted by molar-refractivity contribution is 5.89. The van der Waals surface area contributed by atoms with E-state index in [0.717, 1.165) is 24.4 Å². The number of carbonyl (C=O) groups is 1. The summed E-state index contributed by atoms with van der Waals surface area (Å²) in [6.45, 7) is 0.298. The molecule has 6 nitrogen and oxygen atoms in total. The fourth-order valence-electron chi connectivity index (χ4n) is 2.73. The molecular formula is C17H15F5N4O2. The quantitative estimate of drug-likeness (QED) is 0.792. The number of para-hydroxylation sites is 1. The molecule has 2 aromatic rings. The van der Waals surface area contributed by atoms with Gasteiger partial charge in [-0.25, -0.2) is 18.6 Å². The lowest BCUT2D eigenvalue weighted by Gasteiger charge is -2.32. The number of hydrogen-bond donors (Lipinski definition) is 1. The molecule has 150 valence electrons. The van der Waals surface area contributed by atoms with Crippen molar-refractivity contribution >= 4 is 11.7 Å². The summed E-state index contributed by atoms with van der Waals surface area (Å²) in [6, 6.07) is 2.69. The van der Waals surface area contributed by atoms with Gasteiger partial charge in [-0.2, -0.15) is 18.2 Å². The number of urea groups is 1. The maximum Gasteiger partial charge on any atom is 0.433 e. The van der Waals surface area contributed by atoms with Crippen molar-refractivity contribution in [2.24, 2.45) is 0 Å². The van der Waals surface area contributed by atoms with Gasteiger partial charge >= 0.3 is 18.2 Å². The standard InChI is InChI=1S/C17H15F5N4O2/c18-11-4-1-5-12(19)14(11)25-16(27)26-8-2-3-10(9-26)28-15-23-7-6-13(24-15)17(20,21)22/h1,4-7,10H,2-3,8-9H2,(H,25,27). The Labute approximate surface area is 156 Å². The Balaban J connectivity index is 1.65. The van der Waals surface area contributed by atoms with Crippen molar-refractivity contribution in [1.29, 1.82) is 0 Å². The van der Waals surface area contributed by atoms with E-state index in [9.17, 15) is 26.7 Å². The van der Waals surface area contributed by atoms with E-state index in [4.69, 9.17) is 4.74 Å². The molecule has 1 aromatic heterocycles. The second-order valence-corrected chi connectivity index (χ2v) is 6.08. The van der Waals surface area contributed by atoms with Gasteiger partial charge in [-0.05, 0) is 31.0 Å². The topological polar surface area (TPSA) is 67.4 Å². The van der Waals surface area contributed by atoms with Crippen LogP contribution >= 0.6 is 0 Å². The average Bonchev–Trinajstić information content (AvgIpc) is 2.64. The third-order valence-corrected chi connectivity index (χ3v) is 4.06. The number of likely N-dealkylation sites (tertiary alicyclic amines) is 1. The first-order valence-electron chi connectivity index (χ1n) is 8.31. The zero-order valence-corrected chi connectivity index (χ0v) is 14.3. The second kappa shape index (κ2) is 7.95. The second-order valence-electron chi connectivity index (χ2n) is 6.08. The van der Waals surface area contributed by atoms with Gasteiger partial charge in [0.1, 0.15) is 23.4 Å². The largest absolute Gasteiger partial charge is 0.458 e. The van der Waals surface area contributed by atoms with Gasteiger partial charge in [0.2, 0.25) is 0 Å². The summed E-state index contributed by atoms with van der Waals surface area (Å²) in [5, 5.41) is 2.16. The molecule has 0 bridgehead atoms. The smallest absolute Gasteiger partial charge is 0.433 e. The van der Waals surface area contributed by atoms with Crippen LogP contribution < -0.4 is 10.1 Å². The first-order chi connectivity index (χ1) is 13.2. The lowest BCUT2D eigenvalue weighted by molar-refractivity contribution is -0.141. The van der Waals surface area contributed by atoms with Crippen LogP contribution in [0.2, 0.25) is 0 Å². The highest BCUT2D eigenvalue weighted by Crippen LogP contribution is 2.28. The molecule has 0 spiro atoms. The summed E-state index contributed by atoms with van der Waals surface area (Å²) < 4.78 is 70.9. The van der Waals surface area contributed by atoms with E-state index in [0.29, 0.717) is 19.4 Å². The summed E-state index contributed by atoms with van der Waals surface area (Å²) >= 11 is 0. The maximum absolute atomic E-state index is 13.7. The number of ether oxygens (including phenoxy) is 1. The van der Waals surface area contributed by atoms with Gasteiger partial charge in [0, 0.05) is 12.7 Å². The number of carbonyl (C=O) groups excluding carboxylic acids is 1. The molecular weight excluding hydrogens is 387 g/mol. The molecule has 1 fully saturated rings. The SMILES string of the molecule is O=C(Nc1c(F)cccc1F)N1CCCC(Oc2nccc(C(F)(F)F)n2)C1. The lowest BCUT2D eigenvalue weighted by atomic mass is 10.1. The summed E-state index contributed by atoms with van der Waals surface area (Å²) in [5.74, 6) is -1.84. The van der Waals surface area contributed by atoms with E-state index in [1.807, 2.05) is 0 Å². The number of amides is 2. The highest BCUT2D eigenvalue weighted by atomic mass is 19.4. The van der Waals surface area contributed by atoms with Crippen LogP contribution in [-0.4, -0.2) is 40.1 Å². The van der Waals surface area contributed by atoms with E-state index >= 15 is 0 Å². The van der Waals surface area contributed by atoms with Gasteiger partial charge < -0.3 is 15.0 Å². The van der Waals surface area contributed by atoms with Crippen LogP contribution in [0.15, 0.2) is 30.5 Å². The number of benzene rings is 1. The van der Waals surface area contributed by atoms with E-state index in [1.165, 1.54) is 11.0 Å². The summed E-state index contributed by atoms with van der Waals surface area (Å²) in [4.78, 5) is 20.5. The van der Waals surface area contributed by atoms with E-state index in [1.54, 1.807) is 0 Å². The number of nitrogens with zero attached hydrogens (tertiary/aromatic N) is 3. The minimum Gasteiger partial charge on any atom is -0.458 e. The lowest BCUT2D eigenvalue weighted by Crippen LogP contribution is -2.46. The first kappa shape index (κ1) is 19.8. The van der Waals surface area contributed by atoms with Crippen molar-refractivity contribution in [3.63, 3.8) is 0 Å². The zero-order valence-electron chi connectivity index (χ0n) is 14.3. The molecule has 1 aliphatic heterocycles. The Morgan fingerprint density at radius 3 is 2.61 bits per heavy atom. The summed E-state index contributed by atoms with van der Waals surface area (Å²) in [7, 11) is 0. The van der Waals surface area contributed by atoms with Crippen LogP contribution in [-0.2, 0) is 6.18 Å². The van der Waals surface area contributed by atoms with Gasteiger partial charge in [0.15, 0.2) is 5.69 Å². The Morgan fingerprint density at radius 1 is 1.21 bits per heavy atom. The Morgan fingerprint density at radius 2 is 1.93 bits per heavy atom. The molecule has 2 heterocycles. The van der Waals surface area contributed by atoms with E-state index in [-0.39, 0.29) is 6.54 Å². The molecule has 3 rings (SSSR count). The normalized spacial score (nSPS) is 17.3. The third kappa shape index (κ3) is 4.65. The molecule has 0 aliphatic carbocycles. The molecule has 1 aromatic carbocycles. The average molecular weight is 402 g/mol. The minimum atomic E-state index is -4.64. The molecule has 1 saturated heterocycles. The predicted octanol–water partition coefficient (Wildman–Crippen LogP) is 3.85. The number of anilines is 1. The molecule has 28 heavy (non-hydrogen) atoms. The van der Waals surface area contributed by atoms with Crippen LogP contribution in [0, 0.1) is 11.6 Å². The third-order valence-electron chi connectivity index (χ3n) is 4.06. The van der Waals surface area contributed by atoms with Gasteiger partial charge in [-0.15, -0.1) is 0 Å². The molecule has 0 saturated carbocycles. The van der Waals surface area contributed by atoms with Crippen LogP contribution in [0.1, 0.15) is 18.5 Å². The van der Waals surface area contributed by atoms with Crippen molar-refractivity contribution in [2.75, 3.05) is 18.4 Å². The van der Waals surface area contributed by atoms with Crippen LogP contribution in [0.5, 0.6) is 6.01 Å². The van der Waals surface area contributed by atoms with E-state index in [2.05, 4.69) is 15.3 Å². The van der Waals surface area contributed by atoms with Crippen LogP contribution in [0.4, 0.5) is 32.4 Å². The Hall–Kier alpha value is -2.98. The van der Waals surface area contributed by atoms with Crippen molar-refractivity contribution < 1.29 is 31.5 Å². The summed E-state index contributed by atoms with van der Waals surface area (Å²) in [5.41, 5.74) is -1.71. The number of aromatic nitrogens is 2.